The molecule has 0 aromatic heterocycles. The van der Waals surface area contributed by atoms with Crippen LogP contribution in [-0.4, -0.2) is 21.3 Å². The van der Waals surface area contributed by atoms with E-state index in [0.29, 0.717) is 23.2 Å². The van der Waals surface area contributed by atoms with Crippen molar-refractivity contribution in [2.75, 3.05) is 13.2 Å². The van der Waals surface area contributed by atoms with Crippen molar-refractivity contribution in [2.45, 2.75) is 84.9 Å². The van der Waals surface area contributed by atoms with Crippen molar-refractivity contribution in [3.05, 3.63) is 21.3 Å². The lowest BCUT2D eigenvalue weighted by Gasteiger charge is -2.38. The van der Waals surface area contributed by atoms with E-state index in [4.69, 9.17) is 9.47 Å². The van der Waals surface area contributed by atoms with E-state index in [0.717, 1.165) is 40.1 Å². The molecular formula is C23H37IO2Si. The van der Waals surface area contributed by atoms with Crippen molar-refractivity contribution in [3.8, 4) is 23.0 Å². The molecule has 1 rings (SSSR count). The van der Waals surface area contributed by atoms with Gasteiger partial charge in [-0.25, -0.2) is 0 Å². The highest BCUT2D eigenvalue weighted by Crippen LogP contribution is 2.41. The lowest BCUT2D eigenvalue weighted by Crippen LogP contribution is -2.43. The predicted octanol–water partition coefficient (Wildman–Crippen LogP) is 7.44. The normalized spacial score (nSPS) is 11.7. The van der Waals surface area contributed by atoms with Gasteiger partial charge >= 0.3 is 0 Å². The molecule has 2 nitrogen and oxygen atoms in total. The minimum absolute atomic E-state index is 0.615. The molecule has 0 unspecified atom stereocenters. The average molecular weight is 501 g/mol. The number of hydrogen-bond acceptors (Lipinski definition) is 2. The molecule has 0 atom stereocenters. The first-order valence-electron chi connectivity index (χ1n) is 10.3. The molecule has 0 amide bonds. The SMILES string of the molecule is CCCOc1cc(C#C[Si](C(C)C)(C(C)C)C(C)C)c(OCCC)cc1I. The van der Waals surface area contributed by atoms with E-state index in [1.165, 1.54) is 0 Å². The van der Waals surface area contributed by atoms with Gasteiger partial charge in [-0.2, -0.15) is 0 Å². The Bertz CT molecular complexity index is 635. The van der Waals surface area contributed by atoms with E-state index in [1.807, 2.05) is 0 Å². The van der Waals surface area contributed by atoms with Gasteiger partial charge in [-0.15, -0.1) is 5.54 Å². The molecule has 0 fully saturated rings. The van der Waals surface area contributed by atoms with Crippen molar-refractivity contribution < 1.29 is 9.47 Å². The fourth-order valence-corrected chi connectivity index (χ4v) is 9.71. The lowest BCUT2D eigenvalue weighted by atomic mass is 10.2. The highest BCUT2D eigenvalue weighted by atomic mass is 127. The summed E-state index contributed by atoms with van der Waals surface area (Å²) in [6.45, 7) is 19.8. The number of rotatable bonds is 9. The molecule has 1 aromatic rings. The Kier molecular flexibility index (Phi) is 10.2. The molecule has 1 aromatic carbocycles. The zero-order valence-corrected chi connectivity index (χ0v) is 21.6. The second-order valence-electron chi connectivity index (χ2n) is 8.12. The number of ether oxygens (including phenoxy) is 2. The summed E-state index contributed by atoms with van der Waals surface area (Å²) in [6.07, 6.45) is 1.98. The Labute approximate surface area is 182 Å². The monoisotopic (exact) mass is 500 g/mol. The minimum atomic E-state index is -1.78. The molecule has 0 aliphatic rings. The molecule has 0 aliphatic carbocycles. The van der Waals surface area contributed by atoms with Gasteiger partial charge in [0.1, 0.15) is 19.6 Å². The van der Waals surface area contributed by atoms with Crippen LogP contribution in [0.2, 0.25) is 16.6 Å². The molecule has 0 aliphatic heterocycles. The molecule has 0 saturated carbocycles. The van der Waals surface area contributed by atoms with Crippen LogP contribution in [0.4, 0.5) is 0 Å². The fourth-order valence-electron chi connectivity index (χ4n) is 3.90. The fraction of sp³-hybridized carbons (Fsp3) is 0.652. The maximum absolute atomic E-state index is 6.03. The van der Waals surface area contributed by atoms with Gasteiger partial charge in [0.25, 0.3) is 0 Å². The van der Waals surface area contributed by atoms with Crippen molar-refractivity contribution in [2.24, 2.45) is 0 Å². The van der Waals surface area contributed by atoms with Crippen molar-refractivity contribution in [1.82, 2.24) is 0 Å². The molecular weight excluding hydrogens is 463 g/mol. The maximum Gasteiger partial charge on any atom is 0.146 e. The van der Waals surface area contributed by atoms with Crippen molar-refractivity contribution >= 4 is 30.7 Å². The summed E-state index contributed by atoms with van der Waals surface area (Å²) in [5.74, 6) is 5.35. The summed E-state index contributed by atoms with van der Waals surface area (Å²) >= 11 is 2.33. The Hall–Kier alpha value is -0.673. The van der Waals surface area contributed by atoms with E-state index in [-0.39, 0.29) is 0 Å². The van der Waals surface area contributed by atoms with Crippen LogP contribution in [-0.2, 0) is 0 Å². The number of benzene rings is 1. The van der Waals surface area contributed by atoms with E-state index >= 15 is 0 Å². The molecule has 0 bridgehead atoms. The van der Waals surface area contributed by atoms with E-state index in [9.17, 15) is 0 Å². The highest BCUT2D eigenvalue weighted by molar-refractivity contribution is 14.1. The molecule has 27 heavy (non-hydrogen) atoms. The van der Waals surface area contributed by atoms with Crippen LogP contribution >= 0.6 is 22.6 Å². The first kappa shape index (κ1) is 24.4. The average Bonchev–Trinajstić information content (AvgIpc) is 2.59. The summed E-state index contributed by atoms with van der Waals surface area (Å²) in [7, 11) is -1.78. The Balaban J connectivity index is 3.47. The Morgan fingerprint density at radius 1 is 0.852 bits per heavy atom. The van der Waals surface area contributed by atoms with Gasteiger partial charge in [-0.3, -0.25) is 0 Å². The summed E-state index contributed by atoms with van der Waals surface area (Å²) in [6, 6.07) is 4.16. The van der Waals surface area contributed by atoms with Crippen molar-refractivity contribution in [3.63, 3.8) is 0 Å². The third-order valence-electron chi connectivity index (χ3n) is 5.24. The summed E-state index contributed by atoms with van der Waals surface area (Å²) in [5, 5.41) is 0. The summed E-state index contributed by atoms with van der Waals surface area (Å²) in [5.41, 5.74) is 6.63. The molecule has 0 saturated heterocycles. The van der Waals surface area contributed by atoms with Crippen LogP contribution in [0.3, 0.4) is 0 Å². The van der Waals surface area contributed by atoms with E-state index in [1.54, 1.807) is 0 Å². The first-order chi connectivity index (χ1) is 12.7. The van der Waals surface area contributed by atoms with Gasteiger partial charge in [0.05, 0.1) is 22.3 Å². The Morgan fingerprint density at radius 3 is 1.78 bits per heavy atom. The minimum Gasteiger partial charge on any atom is -0.492 e. The summed E-state index contributed by atoms with van der Waals surface area (Å²) in [4.78, 5) is 0. The molecule has 152 valence electrons. The molecule has 0 N–H and O–H groups in total. The topological polar surface area (TPSA) is 18.5 Å². The van der Waals surface area contributed by atoms with Crippen LogP contribution in [0, 0.1) is 15.0 Å². The van der Waals surface area contributed by atoms with Crippen molar-refractivity contribution in [1.29, 1.82) is 0 Å². The highest BCUT2D eigenvalue weighted by Gasteiger charge is 2.41. The second-order valence-corrected chi connectivity index (χ2v) is 14.9. The van der Waals surface area contributed by atoms with Crippen LogP contribution in [0.1, 0.15) is 73.8 Å². The van der Waals surface area contributed by atoms with E-state index in [2.05, 4.69) is 102 Å². The van der Waals surface area contributed by atoms with Gasteiger partial charge in [0.2, 0.25) is 0 Å². The zero-order valence-electron chi connectivity index (χ0n) is 18.4. The first-order valence-corrected chi connectivity index (χ1v) is 13.6. The predicted molar refractivity (Wildman–Crippen MR) is 129 cm³/mol. The van der Waals surface area contributed by atoms with Gasteiger partial charge in [0.15, 0.2) is 0 Å². The zero-order chi connectivity index (χ0) is 20.6. The van der Waals surface area contributed by atoms with Crippen LogP contribution < -0.4 is 9.47 Å². The number of hydrogen-bond donors (Lipinski definition) is 0. The smallest absolute Gasteiger partial charge is 0.146 e. The van der Waals surface area contributed by atoms with Gasteiger partial charge in [0, 0.05) is 6.07 Å². The quantitative estimate of drug-likeness (QED) is 0.199. The van der Waals surface area contributed by atoms with Gasteiger partial charge < -0.3 is 9.47 Å². The van der Waals surface area contributed by atoms with Crippen LogP contribution in [0.5, 0.6) is 11.5 Å². The van der Waals surface area contributed by atoms with E-state index < -0.39 is 8.07 Å². The second kappa shape index (κ2) is 11.4. The molecule has 0 radical (unpaired) electrons. The van der Waals surface area contributed by atoms with Gasteiger partial charge in [-0.1, -0.05) is 61.3 Å². The molecule has 0 heterocycles. The van der Waals surface area contributed by atoms with Gasteiger partial charge in [-0.05, 0) is 58.1 Å². The number of halogens is 1. The largest absolute Gasteiger partial charge is 0.492 e. The molecule has 4 heteroatoms. The maximum atomic E-state index is 6.03. The van der Waals surface area contributed by atoms with Crippen LogP contribution in [0.25, 0.3) is 0 Å². The third kappa shape index (κ3) is 6.15. The lowest BCUT2D eigenvalue weighted by molar-refractivity contribution is 0.306. The van der Waals surface area contributed by atoms with Crippen LogP contribution in [0.15, 0.2) is 12.1 Å². The molecule has 0 spiro atoms. The summed E-state index contributed by atoms with van der Waals surface area (Å²) < 4.78 is 13.0. The third-order valence-corrected chi connectivity index (χ3v) is 12.4. The Morgan fingerprint density at radius 2 is 1.33 bits per heavy atom. The standard InChI is InChI=1S/C23H37IO2Si/c1-9-12-25-22-16-21(24)23(26-13-10-2)15-20(22)11-14-27(17(3)4,18(5)6)19(7)8/h15-19H,9-10,12-13H2,1-8H3.